The van der Waals surface area contributed by atoms with Gasteiger partial charge >= 0.3 is 0 Å². The molecular weight excluding hydrogens is 431 g/mol. The van der Waals surface area contributed by atoms with Gasteiger partial charge in [0.1, 0.15) is 5.75 Å². The fourth-order valence-electron chi connectivity index (χ4n) is 1.83. The number of benzene rings is 1. The van der Waals surface area contributed by atoms with Crippen LogP contribution < -0.4 is 15.4 Å². The van der Waals surface area contributed by atoms with E-state index in [0.29, 0.717) is 25.0 Å². The molecule has 1 amide bonds. The van der Waals surface area contributed by atoms with Crippen molar-refractivity contribution < 1.29 is 9.53 Å². The summed E-state index contributed by atoms with van der Waals surface area (Å²) in [6.45, 7) is 8.41. The van der Waals surface area contributed by atoms with Crippen molar-refractivity contribution in [3.8, 4) is 5.75 Å². The molecule has 2 N–H and O–H groups in total. The number of aliphatic imine (C=N–C) groups is 1. The van der Waals surface area contributed by atoms with E-state index in [1.807, 2.05) is 31.2 Å². The number of rotatable bonds is 8. The summed E-state index contributed by atoms with van der Waals surface area (Å²) in [5.74, 6) is 1.98. The van der Waals surface area contributed by atoms with Crippen LogP contribution in [0, 0.1) is 5.92 Å². The van der Waals surface area contributed by atoms with E-state index in [9.17, 15) is 4.79 Å². The Morgan fingerprint density at radius 3 is 2.60 bits per heavy atom. The maximum atomic E-state index is 11.7. The van der Waals surface area contributed by atoms with Crippen LogP contribution in [0.1, 0.15) is 26.3 Å². The lowest BCUT2D eigenvalue weighted by atomic mass is 10.2. The molecule has 7 heteroatoms. The second-order valence-corrected chi connectivity index (χ2v) is 6.19. The van der Waals surface area contributed by atoms with Gasteiger partial charge in [-0.05, 0) is 30.5 Å². The quantitative estimate of drug-likeness (QED) is 0.354. The maximum absolute atomic E-state index is 11.7. The molecule has 0 aliphatic carbocycles. The standard InChI is InChI=1S/C18H30N4O2.HI/c1-6-19-18(21-12-17(23)22(4)5)20-11-15-8-7-9-16(10-15)24-13-14(2)3;/h7-10,14H,6,11-13H2,1-5H3,(H2,19,20,21);1H. The Labute approximate surface area is 168 Å². The molecule has 0 unspecified atom stereocenters. The predicted molar refractivity (Wildman–Crippen MR) is 114 cm³/mol. The Bertz CT molecular complexity index is 548. The molecule has 0 saturated heterocycles. The van der Waals surface area contributed by atoms with E-state index in [2.05, 4.69) is 29.5 Å². The molecule has 1 rings (SSSR count). The fourth-order valence-corrected chi connectivity index (χ4v) is 1.83. The summed E-state index contributed by atoms with van der Waals surface area (Å²) < 4.78 is 5.74. The molecule has 6 nitrogen and oxygen atoms in total. The van der Waals surface area contributed by atoms with Crippen molar-refractivity contribution in [2.24, 2.45) is 10.9 Å². The van der Waals surface area contributed by atoms with E-state index >= 15 is 0 Å². The van der Waals surface area contributed by atoms with Crippen molar-refractivity contribution in [3.63, 3.8) is 0 Å². The van der Waals surface area contributed by atoms with Gasteiger partial charge in [0.05, 0.1) is 19.7 Å². The summed E-state index contributed by atoms with van der Waals surface area (Å²) in [6.07, 6.45) is 0. The zero-order valence-corrected chi connectivity index (χ0v) is 18.2. The van der Waals surface area contributed by atoms with Gasteiger partial charge in [-0.15, -0.1) is 24.0 Å². The molecule has 1 aromatic carbocycles. The maximum Gasteiger partial charge on any atom is 0.241 e. The molecule has 0 aromatic heterocycles. The van der Waals surface area contributed by atoms with Crippen LogP contribution in [0.2, 0.25) is 0 Å². The number of likely N-dealkylation sites (N-methyl/N-ethyl adjacent to an activating group) is 1. The monoisotopic (exact) mass is 462 g/mol. The number of hydrogen-bond donors (Lipinski definition) is 2. The van der Waals surface area contributed by atoms with Gasteiger partial charge in [0, 0.05) is 20.6 Å². The molecule has 0 saturated carbocycles. The molecule has 0 aliphatic rings. The molecule has 0 aliphatic heterocycles. The van der Waals surface area contributed by atoms with E-state index in [4.69, 9.17) is 4.74 Å². The molecule has 0 bridgehead atoms. The molecule has 1 aromatic rings. The van der Waals surface area contributed by atoms with Gasteiger partial charge in [-0.3, -0.25) is 4.79 Å². The van der Waals surface area contributed by atoms with Crippen LogP contribution in [0.5, 0.6) is 5.75 Å². The third-order valence-electron chi connectivity index (χ3n) is 3.15. The van der Waals surface area contributed by atoms with Crippen LogP contribution in [-0.4, -0.2) is 50.6 Å². The Morgan fingerprint density at radius 1 is 1.28 bits per heavy atom. The average Bonchev–Trinajstić information content (AvgIpc) is 2.55. The number of carbonyl (C=O) groups is 1. The zero-order valence-electron chi connectivity index (χ0n) is 15.8. The van der Waals surface area contributed by atoms with Gasteiger partial charge in [0.15, 0.2) is 5.96 Å². The highest BCUT2D eigenvalue weighted by Gasteiger charge is 2.05. The number of hydrogen-bond acceptors (Lipinski definition) is 3. The van der Waals surface area contributed by atoms with Crippen LogP contribution in [0.25, 0.3) is 0 Å². The summed E-state index contributed by atoms with van der Waals surface area (Å²) in [5, 5.41) is 6.18. The Kier molecular flexibility index (Phi) is 12.0. The predicted octanol–water partition coefficient (Wildman–Crippen LogP) is 2.48. The molecule has 25 heavy (non-hydrogen) atoms. The van der Waals surface area contributed by atoms with Crippen molar-refractivity contribution in [2.75, 3.05) is 33.8 Å². The van der Waals surface area contributed by atoms with Crippen LogP contribution in [-0.2, 0) is 11.3 Å². The number of nitrogens with zero attached hydrogens (tertiary/aromatic N) is 2. The topological polar surface area (TPSA) is 66.0 Å². The summed E-state index contributed by atoms with van der Waals surface area (Å²) in [5.41, 5.74) is 1.06. The van der Waals surface area contributed by atoms with Gasteiger partial charge < -0.3 is 20.3 Å². The molecular formula is C18H31IN4O2. The van der Waals surface area contributed by atoms with E-state index in [1.165, 1.54) is 0 Å². The summed E-state index contributed by atoms with van der Waals surface area (Å²) >= 11 is 0. The number of amides is 1. The van der Waals surface area contributed by atoms with Crippen molar-refractivity contribution in [3.05, 3.63) is 29.8 Å². The summed E-state index contributed by atoms with van der Waals surface area (Å²) in [7, 11) is 3.47. The molecule has 0 heterocycles. The van der Waals surface area contributed by atoms with Crippen LogP contribution in [0.3, 0.4) is 0 Å². The third-order valence-corrected chi connectivity index (χ3v) is 3.15. The van der Waals surface area contributed by atoms with E-state index in [1.54, 1.807) is 19.0 Å². The van der Waals surface area contributed by atoms with Gasteiger partial charge in [-0.1, -0.05) is 26.0 Å². The highest BCUT2D eigenvalue weighted by Crippen LogP contribution is 2.15. The van der Waals surface area contributed by atoms with Crippen molar-refractivity contribution >= 4 is 35.8 Å². The lowest BCUT2D eigenvalue weighted by Gasteiger charge is -2.14. The highest BCUT2D eigenvalue weighted by molar-refractivity contribution is 14.0. The smallest absolute Gasteiger partial charge is 0.241 e. The SMILES string of the molecule is CCNC(=NCc1cccc(OCC(C)C)c1)NCC(=O)N(C)C.I. The number of halogens is 1. The van der Waals surface area contributed by atoms with E-state index in [0.717, 1.165) is 17.9 Å². The van der Waals surface area contributed by atoms with Crippen molar-refractivity contribution in [1.82, 2.24) is 15.5 Å². The van der Waals surface area contributed by atoms with Gasteiger partial charge in [0.25, 0.3) is 0 Å². The molecule has 0 fully saturated rings. The first kappa shape index (κ1) is 23.5. The molecule has 0 spiro atoms. The van der Waals surface area contributed by atoms with Gasteiger partial charge in [-0.25, -0.2) is 4.99 Å². The first-order valence-electron chi connectivity index (χ1n) is 8.36. The minimum atomic E-state index is 0. The lowest BCUT2D eigenvalue weighted by Crippen LogP contribution is -2.42. The first-order valence-corrected chi connectivity index (χ1v) is 8.36. The Balaban J connectivity index is 0.00000576. The summed E-state index contributed by atoms with van der Waals surface area (Å²) in [6, 6.07) is 7.94. The average molecular weight is 462 g/mol. The zero-order chi connectivity index (χ0) is 17.9. The fraction of sp³-hybridized carbons (Fsp3) is 0.556. The van der Waals surface area contributed by atoms with E-state index < -0.39 is 0 Å². The number of guanidine groups is 1. The minimum absolute atomic E-state index is 0. The Hall–Kier alpha value is -1.51. The van der Waals surface area contributed by atoms with Crippen LogP contribution in [0.15, 0.2) is 29.3 Å². The van der Waals surface area contributed by atoms with E-state index in [-0.39, 0.29) is 36.4 Å². The van der Waals surface area contributed by atoms with Crippen LogP contribution >= 0.6 is 24.0 Å². The number of nitrogens with one attached hydrogen (secondary N) is 2. The number of carbonyl (C=O) groups excluding carboxylic acids is 1. The number of ether oxygens (including phenoxy) is 1. The third kappa shape index (κ3) is 10.2. The first-order chi connectivity index (χ1) is 11.4. The molecule has 142 valence electrons. The summed E-state index contributed by atoms with van der Waals surface area (Å²) in [4.78, 5) is 17.7. The largest absolute Gasteiger partial charge is 0.493 e. The minimum Gasteiger partial charge on any atom is -0.493 e. The van der Waals surface area contributed by atoms with Gasteiger partial charge in [0.2, 0.25) is 5.91 Å². The second kappa shape index (κ2) is 12.8. The Morgan fingerprint density at radius 2 is 2.00 bits per heavy atom. The normalized spacial score (nSPS) is 10.9. The van der Waals surface area contributed by atoms with Crippen LogP contribution in [0.4, 0.5) is 0 Å². The van der Waals surface area contributed by atoms with Crippen molar-refractivity contribution in [2.45, 2.75) is 27.3 Å². The second-order valence-electron chi connectivity index (χ2n) is 6.19. The lowest BCUT2D eigenvalue weighted by molar-refractivity contribution is -0.127. The van der Waals surface area contributed by atoms with Gasteiger partial charge in [-0.2, -0.15) is 0 Å². The van der Waals surface area contributed by atoms with Crippen molar-refractivity contribution in [1.29, 1.82) is 0 Å². The molecule has 0 radical (unpaired) electrons. The highest BCUT2D eigenvalue weighted by atomic mass is 127. The molecule has 0 atom stereocenters.